The summed E-state index contributed by atoms with van der Waals surface area (Å²) < 4.78 is 0. The highest BCUT2D eigenvalue weighted by Gasteiger charge is 2.32. The van der Waals surface area contributed by atoms with Gasteiger partial charge in [-0.2, -0.15) is 0 Å². The fourth-order valence-electron chi connectivity index (χ4n) is 3.48. The Kier molecular flexibility index (Phi) is 37.2. The van der Waals surface area contributed by atoms with Gasteiger partial charge in [0.2, 0.25) is 53.2 Å². The number of rotatable bonds is 15. The van der Waals surface area contributed by atoms with E-state index in [1.807, 2.05) is 0 Å². The number of primary amides is 2. The largest absolute Gasteiger partial charge is 0.481 e. The first-order valence-corrected chi connectivity index (χ1v) is 18.3. The molecule has 1 rings (SSSR count). The minimum Gasteiger partial charge on any atom is -0.481 e. The third-order valence-corrected chi connectivity index (χ3v) is 7.71. The van der Waals surface area contributed by atoms with Crippen molar-refractivity contribution in [3.63, 3.8) is 0 Å². The normalized spacial score (nSPS) is 14.6. The highest BCUT2D eigenvalue weighted by atomic mass is 16.4. The van der Waals surface area contributed by atoms with Gasteiger partial charge in [-0.3, -0.25) is 57.6 Å². The van der Waals surface area contributed by atoms with Crippen molar-refractivity contribution in [2.75, 3.05) is 49.3 Å². The first-order chi connectivity index (χ1) is 27.0. The fourth-order valence-corrected chi connectivity index (χ4v) is 3.48. The van der Waals surface area contributed by atoms with Crippen LogP contribution in [0.3, 0.4) is 0 Å². The number of nitrogens with two attached hydrogens (primary N) is 2. The van der Waals surface area contributed by atoms with Crippen LogP contribution < -0.4 is 32.7 Å². The van der Waals surface area contributed by atoms with Gasteiger partial charge in [0.1, 0.15) is 6.29 Å². The number of hydrogen-bond donors (Lipinski definition) is 8. The van der Waals surface area contributed by atoms with Crippen LogP contribution in [0, 0.1) is 35.5 Å². The van der Waals surface area contributed by atoms with Crippen LogP contribution in [-0.2, 0) is 57.5 Å². The minimum absolute atomic E-state index is 0.000370. The van der Waals surface area contributed by atoms with E-state index in [1.54, 1.807) is 48.7 Å². The summed E-state index contributed by atoms with van der Waals surface area (Å²) >= 11 is 0. The SMILES string of the molecule is CC(C=O)CC(=O)N(C)C.CC1CC(=O)N(C)C1=O.CNC(=O)C(C)CC(=O)O.CNC(=O)CC(C)C(=O)O.CNC(=O)CC(C)C(N)=O.CNC(=O)CC(C)C(N)=O. The fraction of sp³-hybridized carbons (Fsp3) is 0.676. The van der Waals surface area contributed by atoms with E-state index in [0.717, 1.165) is 6.29 Å². The van der Waals surface area contributed by atoms with Gasteiger partial charge in [0.15, 0.2) is 0 Å². The smallest absolute Gasteiger partial charge is 0.306 e. The number of likely N-dealkylation sites (tertiary alicyclic amines) is 1. The highest BCUT2D eigenvalue weighted by molar-refractivity contribution is 6.03. The van der Waals surface area contributed by atoms with Gasteiger partial charge in [0.25, 0.3) is 0 Å². The Balaban J connectivity index is -0.000000198. The Labute approximate surface area is 346 Å². The van der Waals surface area contributed by atoms with Crippen LogP contribution in [0.4, 0.5) is 0 Å². The van der Waals surface area contributed by atoms with E-state index in [9.17, 15) is 57.5 Å². The number of nitrogens with zero attached hydrogens (tertiary/aromatic N) is 2. The lowest BCUT2D eigenvalue weighted by Gasteiger charge is -2.10. The molecule has 9 amide bonds. The zero-order valence-corrected chi connectivity index (χ0v) is 36.6. The molecule has 0 aromatic carbocycles. The summed E-state index contributed by atoms with van der Waals surface area (Å²) in [5.74, 6) is -5.73. The summed E-state index contributed by atoms with van der Waals surface area (Å²) in [7, 11) is 10.9. The maximum Gasteiger partial charge on any atom is 0.306 e. The van der Waals surface area contributed by atoms with E-state index in [0.29, 0.717) is 12.8 Å². The number of carboxylic acids is 2. The van der Waals surface area contributed by atoms with Gasteiger partial charge in [-0.05, 0) is 0 Å². The Bertz CT molecular complexity index is 1330. The Morgan fingerprint density at radius 1 is 0.695 bits per heavy atom. The van der Waals surface area contributed by atoms with Crippen LogP contribution >= 0.6 is 0 Å². The Hall–Kier alpha value is -5.96. The van der Waals surface area contributed by atoms with Crippen molar-refractivity contribution in [3.8, 4) is 0 Å². The molecule has 1 saturated heterocycles. The van der Waals surface area contributed by atoms with E-state index in [-0.39, 0.29) is 90.7 Å². The molecule has 6 atom stereocenters. The van der Waals surface area contributed by atoms with Crippen LogP contribution in [0.1, 0.15) is 80.1 Å². The molecule has 1 aliphatic rings. The summed E-state index contributed by atoms with van der Waals surface area (Å²) in [6, 6.07) is 0. The maximum atomic E-state index is 10.9. The van der Waals surface area contributed by atoms with E-state index in [4.69, 9.17) is 21.7 Å². The van der Waals surface area contributed by atoms with Crippen molar-refractivity contribution in [2.24, 2.45) is 47.0 Å². The summed E-state index contributed by atoms with van der Waals surface area (Å²) in [6.07, 6.45) is 1.77. The molecule has 1 fully saturated rings. The number of imide groups is 1. The van der Waals surface area contributed by atoms with Gasteiger partial charge in [0.05, 0.1) is 12.3 Å². The molecule has 1 aliphatic heterocycles. The number of aliphatic carboxylic acids is 2. The average Bonchev–Trinajstić information content (AvgIpc) is 3.38. The van der Waals surface area contributed by atoms with E-state index in [2.05, 4.69) is 21.3 Å². The van der Waals surface area contributed by atoms with Crippen LogP contribution in [0.15, 0.2) is 0 Å². The molecule has 0 aliphatic carbocycles. The zero-order valence-electron chi connectivity index (χ0n) is 36.6. The molecule has 0 spiro atoms. The zero-order chi connectivity index (χ0) is 47.7. The van der Waals surface area contributed by atoms with Crippen molar-refractivity contribution >= 4 is 71.4 Å². The quantitative estimate of drug-likeness (QED) is 0.0686. The number of carboxylic acid groups (broad SMARTS) is 2. The second-order valence-electron chi connectivity index (χ2n) is 13.6. The van der Waals surface area contributed by atoms with Crippen molar-refractivity contribution < 1.29 is 67.7 Å². The van der Waals surface area contributed by atoms with Crippen LogP contribution in [-0.4, -0.2) is 141 Å². The van der Waals surface area contributed by atoms with Gasteiger partial charge >= 0.3 is 11.9 Å². The highest BCUT2D eigenvalue weighted by Crippen LogP contribution is 2.15. The minimum atomic E-state index is -0.948. The molecule has 0 bridgehead atoms. The molecule has 1 heterocycles. The lowest BCUT2D eigenvalue weighted by atomic mass is 10.1. The molecule has 22 nitrogen and oxygen atoms in total. The molecule has 10 N–H and O–H groups in total. The predicted octanol–water partition coefficient (Wildman–Crippen LogP) is -1.51. The van der Waals surface area contributed by atoms with Gasteiger partial charge < -0.3 is 52.6 Å². The summed E-state index contributed by atoms with van der Waals surface area (Å²) in [6.45, 7) is 9.82. The van der Waals surface area contributed by atoms with Crippen molar-refractivity contribution in [1.82, 2.24) is 31.1 Å². The Morgan fingerprint density at radius 2 is 1.07 bits per heavy atom. The molecule has 0 radical (unpaired) electrons. The standard InChI is InChI=1S/C7H13NO2.2C6H12N2O2.2C6H11NO3.C6H9NO2/c1-6(5-9)4-7(10)8(2)3;2*1-4(6(7)10)3-5(9)8-2;1-4(3-5(8)9)6(10)7-2;1-4(6(9)10)3-5(8)7-2;1-4-3-5(8)7(2)6(4)9/h5-6H,4H2,1-3H3;2*4H,3H2,1-2H3,(H2,7,10)(H,8,9);4H,3H2,1-2H3,(H,7,10)(H,8,9);4H,3H2,1-2H3,(H,7,8)(H,9,10);4H,3H2,1-2H3. The molecule has 6 unspecified atom stereocenters. The summed E-state index contributed by atoms with van der Waals surface area (Å²) in [5, 5.41) is 26.1. The monoisotopic (exact) mass is 848 g/mol. The van der Waals surface area contributed by atoms with Crippen LogP contribution in [0.5, 0.6) is 0 Å². The topological polar surface area (TPSA) is 352 Å². The van der Waals surface area contributed by atoms with Gasteiger partial charge in [0, 0.05) is 111 Å². The van der Waals surface area contributed by atoms with Crippen LogP contribution in [0.25, 0.3) is 0 Å². The Morgan fingerprint density at radius 3 is 1.27 bits per heavy atom. The van der Waals surface area contributed by atoms with Crippen molar-refractivity contribution in [1.29, 1.82) is 0 Å². The number of aldehydes is 1. The molecular formula is C37H68N8O14. The van der Waals surface area contributed by atoms with Gasteiger partial charge in [-0.1, -0.05) is 41.5 Å². The molecular weight excluding hydrogens is 780 g/mol. The van der Waals surface area contributed by atoms with E-state index in [1.165, 1.54) is 52.0 Å². The summed E-state index contributed by atoms with van der Waals surface area (Å²) in [4.78, 5) is 129. The molecule has 0 aromatic rings. The number of amides is 9. The lowest BCUT2D eigenvalue weighted by molar-refractivity contribution is -0.143. The molecule has 340 valence electrons. The second-order valence-corrected chi connectivity index (χ2v) is 13.6. The lowest BCUT2D eigenvalue weighted by Crippen LogP contribution is -2.27. The second kappa shape index (κ2) is 35.2. The first-order valence-electron chi connectivity index (χ1n) is 18.3. The molecule has 59 heavy (non-hydrogen) atoms. The third kappa shape index (κ3) is 36.1. The predicted molar refractivity (Wildman–Crippen MR) is 215 cm³/mol. The third-order valence-electron chi connectivity index (χ3n) is 7.71. The average molecular weight is 849 g/mol. The van der Waals surface area contributed by atoms with Crippen LogP contribution in [0.2, 0.25) is 0 Å². The number of nitrogens with one attached hydrogen (secondary N) is 4. The van der Waals surface area contributed by atoms with Crippen molar-refractivity contribution in [3.05, 3.63) is 0 Å². The number of carbonyl (C=O) groups is 12. The van der Waals surface area contributed by atoms with E-state index >= 15 is 0 Å². The number of carbonyl (C=O) groups excluding carboxylic acids is 10. The molecule has 22 heteroatoms. The number of hydrogen-bond acceptors (Lipinski definition) is 12. The maximum absolute atomic E-state index is 10.9. The van der Waals surface area contributed by atoms with Gasteiger partial charge in [-0.15, -0.1) is 0 Å². The first kappa shape index (κ1) is 62.2. The summed E-state index contributed by atoms with van der Waals surface area (Å²) in [5.41, 5.74) is 9.84. The van der Waals surface area contributed by atoms with Crippen molar-refractivity contribution in [2.45, 2.75) is 80.1 Å². The van der Waals surface area contributed by atoms with E-state index < -0.39 is 35.6 Å². The van der Waals surface area contributed by atoms with Gasteiger partial charge in [-0.25, -0.2) is 0 Å². The molecule has 0 saturated carbocycles. The molecule has 0 aromatic heterocycles.